The number of hydrogen-bond donors (Lipinski definition) is 1. The predicted octanol–water partition coefficient (Wildman–Crippen LogP) is 2.96. The van der Waals surface area contributed by atoms with Gasteiger partial charge in [0, 0.05) is 0 Å². The zero-order valence-corrected chi connectivity index (χ0v) is 9.47. The fourth-order valence-corrected chi connectivity index (χ4v) is 1.57. The first-order valence-electron chi connectivity index (χ1n) is 5.36. The molecule has 0 aliphatic heterocycles. The summed E-state index contributed by atoms with van der Waals surface area (Å²) in [7, 11) is 0. The Morgan fingerprint density at radius 3 is 2.44 bits per heavy atom. The summed E-state index contributed by atoms with van der Waals surface area (Å²) in [5.41, 5.74) is 1.61. The average Bonchev–Trinajstić information content (AvgIpc) is 2.38. The Labute approximate surface area is 103 Å². The van der Waals surface area contributed by atoms with Gasteiger partial charge in [-0.1, -0.05) is 36.4 Å². The summed E-state index contributed by atoms with van der Waals surface area (Å²) >= 11 is 0. The molecule has 2 rings (SSSR count). The highest BCUT2D eigenvalue weighted by Crippen LogP contribution is 2.25. The van der Waals surface area contributed by atoms with Gasteiger partial charge in [0.05, 0.1) is 0 Å². The van der Waals surface area contributed by atoms with Crippen molar-refractivity contribution >= 4 is 5.97 Å². The van der Waals surface area contributed by atoms with Crippen molar-refractivity contribution < 1.29 is 19.0 Å². The van der Waals surface area contributed by atoms with Gasteiger partial charge in [-0.2, -0.15) is 0 Å². The molecule has 0 aromatic heterocycles. The summed E-state index contributed by atoms with van der Waals surface area (Å²) in [4.78, 5) is 10.3. The number of hydrogen-bond acceptors (Lipinski definition) is 2. The third-order valence-electron chi connectivity index (χ3n) is 2.39. The molecule has 1 N–H and O–H groups in total. The smallest absolute Gasteiger partial charge is 0.341 e. The molecule has 0 bridgehead atoms. The first-order chi connectivity index (χ1) is 8.66. The number of carboxylic acids is 1. The van der Waals surface area contributed by atoms with Crippen molar-refractivity contribution in [3.8, 4) is 16.9 Å². The predicted molar refractivity (Wildman–Crippen MR) is 65.0 cm³/mol. The number of aliphatic carboxylic acids is 1. The number of carboxylic acid groups (broad SMARTS) is 1. The van der Waals surface area contributed by atoms with Crippen LogP contribution in [0.1, 0.15) is 0 Å². The molecule has 0 saturated carbocycles. The Balaban J connectivity index is 2.22. The van der Waals surface area contributed by atoms with Gasteiger partial charge >= 0.3 is 5.97 Å². The molecular formula is C14H11FO3. The second kappa shape index (κ2) is 5.31. The molecule has 0 aliphatic rings. The molecule has 92 valence electrons. The first kappa shape index (κ1) is 12.1. The summed E-state index contributed by atoms with van der Waals surface area (Å²) in [6.45, 7) is -0.554. The van der Waals surface area contributed by atoms with Crippen molar-refractivity contribution in [2.24, 2.45) is 0 Å². The summed E-state index contributed by atoms with van der Waals surface area (Å²) < 4.78 is 18.5. The highest BCUT2D eigenvalue weighted by Gasteiger charge is 2.07. The molecule has 0 radical (unpaired) electrons. The Bertz CT molecular complexity index is 552. The molecule has 0 fully saturated rings. The van der Waals surface area contributed by atoms with E-state index in [1.807, 2.05) is 30.3 Å². The standard InChI is InChI=1S/C14H11FO3/c15-12-8-11(10-4-2-1-3-5-10)6-7-13(12)18-9-14(16)17/h1-8H,9H2,(H,16,17). The van der Waals surface area contributed by atoms with Gasteiger partial charge in [0.25, 0.3) is 0 Å². The number of carbonyl (C=O) groups is 1. The molecular weight excluding hydrogens is 235 g/mol. The normalized spacial score (nSPS) is 10.1. The molecule has 0 unspecified atom stereocenters. The second-order valence-corrected chi connectivity index (χ2v) is 3.69. The summed E-state index contributed by atoms with van der Waals surface area (Å²) in [5.74, 6) is -1.77. The monoisotopic (exact) mass is 246 g/mol. The lowest BCUT2D eigenvalue weighted by Crippen LogP contribution is -2.10. The lowest BCUT2D eigenvalue weighted by Gasteiger charge is -2.07. The van der Waals surface area contributed by atoms with Crippen molar-refractivity contribution in [3.05, 3.63) is 54.3 Å². The molecule has 3 nitrogen and oxygen atoms in total. The maximum Gasteiger partial charge on any atom is 0.341 e. The molecule has 0 heterocycles. The van der Waals surface area contributed by atoms with Crippen LogP contribution in [0.25, 0.3) is 11.1 Å². The third-order valence-corrected chi connectivity index (χ3v) is 2.39. The van der Waals surface area contributed by atoms with Crippen LogP contribution in [0.2, 0.25) is 0 Å². The molecule has 2 aromatic carbocycles. The van der Waals surface area contributed by atoms with Crippen LogP contribution < -0.4 is 4.74 Å². The fraction of sp³-hybridized carbons (Fsp3) is 0.0714. The van der Waals surface area contributed by atoms with Gasteiger partial charge < -0.3 is 9.84 Å². The van der Waals surface area contributed by atoms with E-state index in [-0.39, 0.29) is 5.75 Å². The third kappa shape index (κ3) is 2.85. The van der Waals surface area contributed by atoms with Gasteiger partial charge in [-0.05, 0) is 23.3 Å². The van der Waals surface area contributed by atoms with Crippen LogP contribution in [-0.2, 0) is 4.79 Å². The number of ether oxygens (including phenoxy) is 1. The zero-order valence-electron chi connectivity index (χ0n) is 9.47. The molecule has 0 spiro atoms. The van der Waals surface area contributed by atoms with Gasteiger partial charge in [0.2, 0.25) is 0 Å². The van der Waals surface area contributed by atoms with Crippen molar-refractivity contribution in [1.82, 2.24) is 0 Å². The van der Waals surface area contributed by atoms with E-state index in [4.69, 9.17) is 9.84 Å². The van der Waals surface area contributed by atoms with Crippen LogP contribution in [0.3, 0.4) is 0 Å². The van der Waals surface area contributed by atoms with Gasteiger partial charge in [0.1, 0.15) is 0 Å². The Morgan fingerprint density at radius 2 is 1.83 bits per heavy atom. The van der Waals surface area contributed by atoms with Gasteiger partial charge in [-0.3, -0.25) is 0 Å². The van der Waals surface area contributed by atoms with Gasteiger partial charge in [0.15, 0.2) is 18.2 Å². The first-order valence-corrected chi connectivity index (χ1v) is 5.36. The van der Waals surface area contributed by atoms with Crippen LogP contribution in [0.4, 0.5) is 4.39 Å². The van der Waals surface area contributed by atoms with Crippen LogP contribution in [0.15, 0.2) is 48.5 Å². The van der Waals surface area contributed by atoms with E-state index in [9.17, 15) is 9.18 Å². The molecule has 2 aromatic rings. The van der Waals surface area contributed by atoms with E-state index in [0.717, 1.165) is 11.1 Å². The Morgan fingerprint density at radius 1 is 1.11 bits per heavy atom. The highest BCUT2D eigenvalue weighted by molar-refractivity contribution is 5.68. The lowest BCUT2D eigenvalue weighted by atomic mass is 10.1. The summed E-state index contributed by atoms with van der Waals surface area (Å²) in [6, 6.07) is 13.8. The van der Waals surface area contributed by atoms with E-state index >= 15 is 0 Å². The molecule has 0 atom stereocenters. The van der Waals surface area contributed by atoms with E-state index in [2.05, 4.69) is 0 Å². The number of rotatable bonds is 4. The zero-order chi connectivity index (χ0) is 13.0. The number of halogens is 1. The number of benzene rings is 2. The van der Waals surface area contributed by atoms with Crippen molar-refractivity contribution in [1.29, 1.82) is 0 Å². The molecule has 0 amide bonds. The van der Waals surface area contributed by atoms with Crippen molar-refractivity contribution in [2.45, 2.75) is 0 Å². The second-order valence-electron chi connectivity index (χ2n) is 3.69. The summed E-state index contributed by atoms with van der Waals surface area (Å²) in [6.07, 6.45) is 0. The van der Waals surface area contributed by atoms with Crippen molar-refractivity contribution in [3.63, 3.8) is 0 Å². The molecule has 0 saturated heterocycles. The minimum atomic E-state index is -1.14. The minimum absolute atomic E-state index is 0.0583. The van der Waals surface area contributed by atoms with E-state index in [0.29, 0.717) is 0 Å². The molecule has 0 aliphatic carbocycles. The maximum absolute atomic E-state index is 13.7. The molecule has 18 heavy (non-hydrogen) atoms. The Hall–Kier alpha value is -2.36. The van der Waals surface area contributed by atoms with E-state index < -0.39 is 18.4 Å². The Kier molecular flexibility index (Phi) is 3.57. The van der Waals surface area contributed by atoms with Crippen LogP contribution in [0.5, 0.6) is 5.75 Å². The van der Waals surface area contributed by atoms with Crippen molar-refractivity contribution in [2.75, 3.05) is 6.61 Å². The van der Waals surface area contributed by atoms with Crippen LogP contribution >= 0.6 is 0 Å². The van der Waals surface area contributed by atoms with Crippen LogP contribution in [0, 0.1) is 5.82 Å². The van der Waals surface area contributed by atoms with Crippen LogP contribution in [-0.4, -0.2) is 17.7 Å². The van der Waals surface area contributed by atoms with E-state index in [1.165, 1.54) is 12.1 Å². The fourth-order valence-electron chi connectivity index (χ4n) is 1.57. The van der Waals surface area contributed by atoms with Gasteiger partial charge in [-0.15, -0.1) is 0 Å². The largest absolute Gasteiger partial charge is 0.479 e. The summed E-state index contributed by atoms with van der Waals surface area (Å²) in [5, 5.41) is 8.45. The minimum Gasteiger partial charge on any atom is -0.479 e. The average molecular weight is 246 g/mol. The lowest BCUT2D eigenvalue weighted by molar-refractivity contribution is -0.139. The topological polar surface area (TPSA) is 46.5 Å². The maximum atomic E-state index is 13.7. The quantitative estimate of drug-likeness (QED) is 0.902. The van der Waals surface area contributed by atoms with Gasteiger partial charge in [-0.25, -0.2) is 9.18 Å². The highest BCUT2D eigenvalue weighted by atomic mass is 19.1. The SMILES string of the molecule is O=C(O)COc1ccc(-c2ccccc2)cc1F. The van der Waals surface area contributed by atoms with E-state index in [1.54, 1.807) is 6.07 Å². The molecule has 4 heteroatoms.